The van der Waals surface area contributed by atoms with Crippen molar-refractivity contribution in [3.8, 4) is 5.75 Å². The maximum atomic E-state index is 11.5. The summed E-state index contributed by atoms with van der Waals surface area (Å²) in [5.41, 5.74) is 2.21. The topological polar surface area (TPSA) is 40.5 Å². The maximum absolute atomic E-state index is 11.5. The molecule has 1 aromatic rings. The van der Waals surface area contributed by atoms with Gasteiger partial charge in [-0.05, 0) is 43.0 Å². The number of fused-ring (bicyclic) bond motifs is 1. The second-order valence-electron chi connectivity index (χ2n) is 4.59. The number of halogens is 1. The molecule has 3 nitrogen and oxygen atoms in total. The quantitative estimate of drug-likeness (QED) is 0.771. The number of phenols is 1. The smallest absolute Gasteiger partial charge is 0.219 e. The van der Waals surface area contributed by atoms with Crippen LogP contribution < -0.4 is 0 Å². The number of benzene rings is 1. The van der Waals surface area contributed by atoms with Gasteiger partial charge in [-0.3, -0.25) is 4.79 Å². The van der Waals surface area contributed by atoms with Crippen LogP contribution in [0.3, 0.4) is 0 Å². The van der Waals surface area contributed by atoms with Gasteiger partial charge in [0, 0.05) is 19.5 Å². The Bertz CT molecular complexity index is 459. The summed E-state index contributed by atoms with van der Waals surface area (Å²) >= 11 is 5.92. The molecular weight excluding hydrogens is 238 g/mol. The summed E-state index contributed by atoms with van der Waals surface area (Å²) in [5.74, 6) is 0.218. The number of rotatable bonds is 0. The van der Waals surface area contributed by atoms with Crippen LogP contribution in [0.1, 0.15) is 25.0 Å². The van der Waals surface area contributed by atoms with E-state index in [4.69, 9.17) is 11.6 Å². The second kappa shape index (κ2) is 4.57. The predicted octanol–water partition coefficient (Wildman–Crippen LogP) is 2.38. The fourth-order valence-electron chi connectivity index (χ4n) is 2.43. The number of hydrogen-bond acceptors (Lipinski definition) is 2. The highest BCUT2D eigenvalue weighted by atomic mass is 35.5. The van der Waals surface area contributed by atoms with Crippen LogP contribution >= 0.6 is 11.6 Å². The summed E-state index contributed by atoms with van der Waals surface area (Å²) in [6.07, 6.45) is 1.55. The van der Waals surface area contributed by atoms with E-state index in [1.54, 1.807) is 13.0 Å². The van der Waals surface area contributed by atoms with Crippen LogP contribution in [0, 0.1) is 0 Å². The molecule has 1 atom stereocenters. The first-order chi connectivity index (χ1) is 7.99. The third-order valence-corrected chi connectivity index (χ3v) is 3.65. The predicted molar refractivity (Wildman–Crippen MR) is 67.4 cm³/mol. The van der Waals surface area contributed by atoms with Gasteiger partial charge in [-0.25, -0.2) is 0 Å². The van der Waals surface area contributed by atoms with Gasteiger partial charge in [-0.15, -0.1) is 0 Å². The molecule has 0 spiro atoms. The molecule has 0 bridgehead atoms. The maximum Gasteiger partial charge on any atom is 0.219 e. The van der Waals surface area contributed by atoms with E-state index in [2.05, 4.69) is 0 Å². The van der Waals surface area contributed by atoms with E-state index in [9.17, 15) is 9.90 Å². The number of carbonyl (C=O) groups is 1. The van der Waals surface area contributed by atoms with Gasteiger partial charge in [0.2, 0.25) is 5.91 Å². The van der Waals surface area contributed by atoms with Crippen molar-refractivity contribution in [1.29, 1.82) is 0 Å². The summed E-state index contributed by atoms with van der Waals surface area (Å²) in [6, 6.07) is 3.70. The van der Waals surface area contributed by atoms with Crippen molar-refractivity contribution in [2.75, 3.05) is 6.54 Å². The average Bonchev–Trinajstić information content (AvgIpc) is 2.38. The molecule has 17 heavy (non-hydrogen) atoms. The molecule has 0 saturated heterocycles. The van der Waals surface area contributed by atoms with Crippen molar-refractivity contribution in [2.24, 2.45) is 0 Å². The fourth-order valence-corrected chi connectivity index (χ4v) is 2.61. The molecule has 4 heteroatoms. The summed E-state index contributed by atoms with van der Waals surface area (Å²) in [7, 11) is 0. The number of nitrogens with zero attached hydrogens (tertiary/aromatic N) is 1. The fraction of sp³-hybridized carbons (Fsp3) is 0.462. The summed E-state index contributed by atoms with van der Waals surface area (Å²) in [6.45, 7) is 4.33. The van der Waals surface area contributed by atoms with E-state index in [0.717, 1.165) is 24.0 Å². The van der Waals surface area contributed by atoms with Gasteiger partial charge in [-0.1, -0.05) is 11.6 Å². The van der Waals surface area contributed by atoms with Crippen LogP contribution in [0.25, 0.3) is 0 Å². The highest BCUT2D eigenvalue weighted by Gasteiger charge is 2.23. The van der Waals surface area contributed by atoms with Crippen molar-refractivity contribution >= 4 is 17.5 Å². The van der Waals surface area contributed by atoms with Gasteiger partial charge >= 0.3 is 0 Å². The lowest BCUT2D eigenvalue weighted by molar-refractivity contribution is -0.130. The van der Waals surface area contributed by atoms with E-state index in [1.807, 2.05) is 17.9 Å². The van der Waals surface area contributed by atoms with Crippen molar-refractivity contribution in [2.45, 2.75) is 32.7 Å². The zero-order valence-corrected chi connectivity index (χ0v) is 10.8. The molecule has 0 fully saturated rings. The van der Waals surface area contributed by atoms with Crippen LogP contribution in [-0.2, 0) is 17.6 Å². The molecule has 92 valence electrons. The van der Waals surface area contributed by atoms with Crippen molar-refractivity contribution < 1.29 is 9.90 Å². The number of aromatic hydroxyl groups is 1. The largest absolute Gasteiger partial charge is 0.506 e. The van der Waals surface area contributed by atoms with Gasteiger partial charge in [0.15, 0.2) is 0 Å². The Morgan fingerprint density at radius 1 is 1.47 bits per heavy atom. The van der Waals surface area contributed by atoms with Crippen LogP contribution in [-0.4, -0.2) is 28.5 Å². The van der Waals surface area contributed by atoms with Crippen LogP contribution in [0.5, 0.6) is 5.75 Å². The molecule has 1 aliphatic rings. The second-order valence-corrected chi connectivity index (χ2v) is 5.00. The molecule has 1 amide bonds. The van der Waals surface area contributed by atoms with E-state index in [0.29, 0.717) is 11.6 Å². The molecule has 2 rings (SSSR count). The number of carbonyl (C=O) groups excluding carboxylic acids is 1. The minimum atomic E-state index is 0.0978. The average molecular weight is 254 g/mol. The minimum absolute atomic E-state index is 0.0978. The molecule has 1 heterocycles. The number of amides is 1. The molecule has 0 saturated carbocycles. The Morgan fingerprint density at radius 3 is 2.82 bits per heavy atom. The highest BCUT2D eigenvalue weighted by Crippen LogP contribution is 2.30. The Hall–Kier alpha value is -1.22. The Kier molecular flexibility index (Phi) is 3.29. The lowest BCUT2D eigenvalue weighted by atomic mass is 10.0. The Labute approximate surface area is 106 Å². The molecule has 0 aromatic heterocycles. The van der Waals surface area contributed by atoms with Crippen molar-refractivity contribution in [1.82, 2.24) is 4.90 Å². The van der Waals surface area contributed by atoms with Gasteiger partial charge in [0.05, 0.1) is 5.02 Å². The Balaban J connectivity index is 2.35. The lowest BCUT2D eigenvalue weighted by Gasteiger charge is -2.25. The molecular formula is C13H16ClNO2. The van der Waals surface area contributed by atoms with E-state index in [-0.39, 0.29) is 17.7 Å². The zero-order chi connectivity index (χ0) is 12.6. The number of phenolic OH excluding ortho intramolecular Hbond substituents is 1. The van der Waals surface area contributed by atoms with Crippen molar-refractivity contribution in [3.05, 3.63) is 28.3 Å². The van der Waals surface area contributed by atoms with Gasteiger partial charge in [0.25, 0.3) is 0 Å². The van der Waals surface area contributed by atoms with E-state index < -0.39 is 0 Å². The molecule has 1 unspecified atom stereocenters. The zero-order valence-electron chi connectivity index (χ0n) is 10.0. The first-order valence-corrected chi connectivity index (χ1v) is 6.14. The monoisotopic (exact) mass is 253 g/mol. The molecule has 1 N–H and O–H groups in total. The van der Waals surface area contributed by atoms with Crippen molar-refractivity contribution in [3.63, 3.8) is 0 Å². The van der Waals surface area contributed by atoms with Crippen LogP contribution in [0.2, 0.25) is 5.02 Å². The Morgan fingerprint density at radius 2 is 2.18 bits per heavy atom. The van der Waals surface area contributed by atoms with Gasteiger partial charge in [0.1, 0.15) is 5.75 Å². The SMILES string of the molecule is CC(=O)N1CCc2cc(O)c(Cl)cc2CC1C. The van der Waals surface area contributed by atoms with Gasteiger partial charge < -0.3 is 10.0 Å². The summed E-state index contributed by atoms with van der Waals surface area (Å²) < 4.78 is 0. The first-order valence-electron chi connectivity index (χ1n) is 5.76. The standard InChI is InChI=1S/C13H16ClNO2/c1-8-5-11-6-12(14)13(17)7-10(11)3-4-15(8)9(2)16/h6-8,17H,3-5H2,1-2H3. The molecule has 0 radical (unpaired) electrons. The highest BCUT2D eigenvalue weighted by molar-refractivity contribution is 6.32. The molecule has 0 aliphatic carbocycles. The van der Waals surface area contributed by atoms with Crippen LogP contribution in [0.4, 0.5) is 0 Å². The number of hydrogen-bond donors (Lipinski definition) is 1. The summed E-state index contributed by atoms with van der Waals surface area (Å²) in [5, 5.41) is 9.98. The van der Waals surface area contributed by atoms with E-state index in [1.165, 1.54) is 0 Å². The lowest BCUT2D eigenvalue weighted by Crippen LogP contribution is -2.38. The third-order valence-electron chi connectivity index (χ3n) is 3.34. The molecule has 1 aromatic carbocycles. The minimum Gasteiger partial charge on any atom is -0.506 e. The van der Waals surface area contributed by atoms with E-state index >= 15 is 0 Å². The van der Waals surface area contributed by atoms with Crippen LogP contribution in [0.15, 0.2) is 12.1 Å². The molecule has 1 aliphatic heterocycles. The summed E-state index contributed by atoms with van der Waals surface area (Å²) in [4.78, 5) is 13.4. The third kappa shape index (κ3) is 2.39. The van der Waals surface area contributed by atoms with Gasteiger partial charge in [-0.2, -0.15) is 0 Å². The normalized spacial score (nSPS) is 19.7. The first kappa shape index (κ1) is 12.2.